The van der Waals surface area contributed by atoms with Crippen LogP contribution in [0, 0.1) is 6.92 Å². The van der Waals surface area contributed by atoms with Crippen molar-refractivity contribution in [3.8, 4) is 0 Å². The minimum atomic E-state index is 0.387. The van der Waals surface area contributed by atoms with Crippen LogP contribution in [0.5, 0.6) is 0 Å². The van der Waals surface area contributed by atoms with Crippen molar-refractivity contribution in [1.82, 2.24) is 24.8 Å². The van der Waals surface area contributed by atoms with E-state index in [0.717, 1.165) is 75.0 Å². The molecule has 5 rings (SSSR count). The highest BCUT2D eigenvalue weighted by atomic mass is 15.2. The molecule has 2 aliphatic heterocycles. The van der Waals surface area contributed by atoms with Crippen molar-refractivity contribution in [3.05, 3.63) is 77.3 Å². The quantitative estimate of drug-likeness (QED) is 0.631. The van der Waals surface area contributed by atoms with Crippen molar-refractivity contribution < 1.29 is 0 Å². The van der Waals surface area contributed by atoms with Crippen LogP contribution in [0.15, 0.2) is 48.9 Å². The lowest BCUT2D eigenvalue weighted by Crippen LogP contribution is -2.36. The highest BCUT2D eigenvalue weighted by Crippen LogP contribution is 2.32. The third kappa shape index (κ3) is 4.59. The monoisotopic (exact) mass is 414 g/mol. The molecule has 0 aromatic carbocycles. The van der Waals surface area contributed by atoms with Gasteiger partial charge in [0.2, 0.25) is 0 Å². The van der Waals surface area contributed by atoms with E-state index in [4.69, 9.17) is 9.97 Å². The maximum atomic E-state index is 5.17. The number of likely N-dealkylation sites (tertiary alicyclic amines) is 1. The number of rotatable bonds is 5. The van der Waals surface area contributed by atoms with Crippen LogP contribution in [0.3, 0.4) is 0 Å². The fourth-order valence-corrected chi connectivity index (χ4v) is 4.89. The molecular weight excluding hydrogens is 384 g/mol. The summed E-state index contributed by atoms with van der Waals surface area (Å²) in [5.74, 6) is 2.53. The number of fused-ring (bicyclic) bond motifs is 1. The molecule has 0 saturated carbocycles. The second-order valence-electron chi connectivity index (χ2n) is 8.75. The molecule has 6 heteroatoms. The summed E-state index contributed by atoms with van der Waals surface area (Å²) < 4.78 is 0. The lowest BCUT2D eigenvalue weighted by Gasteiger charge is -2.34. The predicted octanol–water partition coefficient (Wildman–Crippen LogP) is 3.91. The Kier molecular flexibility index (Phi) is 5.89. The van der Waals surface area contributed by atoms with Gasteiger partial charge in [-0.3, -0.25) is 14.9 Å². The van der Waals surface area contributed by atoms with E-state index in [1.165, 1.54) is 17.5 Å². The molecule has 0 spiro atoms. The second kappa shape index (κ2) is 9.10. The molecule has 1 atom stereocenters. The summed E-state index contributed by atoms with van der Waals surface area (Å²) >= 11 is 0. The summed E-state index contributed by atoms with van der Waals surface area (Å²) in [7, 11) is 0. The third-order valence-electron chi connectivity index (χ3n) is 6.47. The number of pyridine rings is 2. The first-order chi connectivity index (χ1) is 15.3. The summed E-state index contributed by atoms with van der Waals surface area (Å²) in [6, 6.07) is 10.3. The summed E-state index contributed by atoms with van der Waals surface area (Å²) in [5, 5.41) is 0. The van der Waals surface area contributed by atoms with Crippen molar-refractivity contribution >= 4 is 5.82 Å². The molecule has 0 aliphatic carbocycles. The lowest BCUT2D eigenvalue weighted by molar-refractivity contribution is 0.196. The van der Waals surface area contributed by atoms with Crippen molar-refractivity contribution in [2.75, 3.05) is 24.5 Å². The molecule has 3 aromatic rings. The summed E-state index contributed by atoms with van der Waals surface area (Å²) in [6.45, 7) is 7.11. The molecule has 0 radical (unpaired) electrons. The Morgan fingerprint density at radius 2 is 1.87 bits per heavy atom. The van der Waals surface area contributed by atoms with Crippen LogP contribution in [0.4, 0.5) is 5.82 Å². The van der Waals surface area contributed by atoms with Crippen molar-refractivity contribution in [2.24, 2.45) is 0 Å². The van der Waals surface area contributed by atoms with Gasteiger partial charge in [-0.15, -0.1) is 0 Å². The topological polar surface area (TPSA) is 58.0 Å². The summed E-state index contributed by atoms with van der Waals surface area (Å²) in [4.78, 5) is 23.8. The second-order valence-corrected chi connectivity index (χ2v) is 8.75. The normalized spacial score (nSPS) is 19.3. The first-order valence-electron chi connectivity index (χ1n) is 11.4. The number of aromatic nitrogens is 4. The number of anilines is 1. The van der Waals surface area contributed by atoms with Crippen LogP contribution >= 0.6 is 0 Å². The van der Waals surface area contributed by atoms with Crippen LogP contribution in [-0.4, -0.2) is 44.5 Å². The van der Waals surface area contributed by atoms with E-state index >= 15 is 0 Å². The maximum Gasteiger partial charge on any atom is 0.136 e. The Bertz CT molecular complexity index is 1010. The van der Waals surface area contributed by atoms with E-state index < -0.39 is 0 Å². The number of aryl methyl sites for hydroxylation is 1. The Morgan fingerprint density at radius 3 is 2.71 bits per heavy atom. The SMILES string of the molecule is Cc1nc([C@@H]2CCCN(Cc3ccncc3)C2)nc2c1CCCN2Cc1ccccn1. The van der Waals surface area contributed by atoms with Gasteiger partial charge >= 0.3 is 0 Å². The molecule has 0 unspecified atom stereocenters. The van der Waals surface area contributed by atoms with Crippen LogP contribution in [-0.2, 0) is 19.5 Å². The smallest absolute Gasteiger partial charge is 0.136 e. The molecule has 1 saturated heterocycles. The van der Waals surface area contributed by atoms with Gasteiger partial charge in [-0.25, -0.2) is 9.97 Å². The first-order valence-corrected chi connectivity index (χ1v) is 11.4. The van der Waals surface area contributed by atoms with Gasteiger partial charge in [-0.2, -0.15) is 0 Å². The predicted molar refractivity (Wildman–Crippen MR) is 122 cm³/mol. The average molecular weight is 415 g/mol. The van der Waals surface area contributed by atoms with E-state index in [1.807, 2.05) is 24.7 Å². The Morgan fingerprint density at radius 1 is 0.968 bits per heavy atom. The summed E-state index contributed by atoms with van der Waals surface area (Å²) in [6.07, 6.45) is 10.2. The summed E-state index contributed by atoms with van der Waals surface area (Å²) in [5.41, 5.74) is 4.88. The Hall–Kier alpha value is -2.86. The van der Waals surface area contributed by atoms with Gasteiger partial charge < -0.3 is 4.90 Å². The van der Waals surface area contributed by atoms with Gasteiger partial charge in [0, 0.05) is 55.4 Å². The van der Waals surface area contributed by atoms with Gasteiger partial charge in [0.25, 0.3) is 0 Å². The third-order valence-corrected chi connectivity index (χ3v) is 6.47. The Labute approximate surface area is 184 Å². The zero-order valence-corrected chi connectivity index (χ0v) is 18.2. The van der Waals surface area contributed by atoms with E-state index in [2.05, 4.69) is 51.0 Å². The van der Waals surface area contributed by atoms with E-state index in [1.54, 1.807) is 0 Å². The highest BCUT2D eigenvalue weighted by molar-refractivity contribution is 5.51. The largest absolute Gasteiger partial charge is 0.350 e. The zero-order valence-electron chi connectivity index (χ0n) is 18.2. The molecule has 0 bridgehead atoms. The van der Waals surface area contributed by atoms with Crippen LogP contribution < -0.4 is 4.90 Å². The maximum absolute atomic E-state index is 5.17. The van der Waals surface area contributed by atoms with Gasteiger partial charge in [0.15, 0.2) is 0 Å². The minimum absolute atomic E-state index is 0.387. The van der Waals surface area contributed by atoms with Crippen LogP contribution in [0.25, 0.3) is 0 Å². The molecule has 3 aromatic heterocycles. The molecule has 6 nitrogen and oxygen atoms in total. The van der Waals surface area contributed by atoms with E-state index in [-0.39, 0.29) is 0 Å². The van der Waals surface area contributed by atoms with Gasteiger partial charge in [0.1, 0.15) is 11.6 Å². The molecule has 160 valence electrons. The number of nitrogens with zero attached hydrogens (tertiary/aromatic N) is 6. The minimum Gasteiger partial charge on any atom is -0.350 e. The zero-order chi connectivity index (χ0) is 21.0. The van der Waals surface area contributed by atoms with E-state index in [9.17, 15) is 0 Å². The van der Waals surface area contributed by atoms with Crippen molar-refractivity contribution in [1.29, 1.82) is 0 Å². The highest BCUT2D eigenvalue weighted by Gasteiger charge is 2.28. The van der Waals surface area contributed by atoms with Crippen molar-refractivity contribution in [3.63, 3.8) is 0 Å². The fourth-order valence-electron chi connectivity index (χ4n) is 4.89. The van der Waals surface area contributed by atoms with Gasteiger partial charge in [-0.05, 0) is 69.0 Å². The first kappa shape index (κ1) is 20.1. The number of piperidine rings is 1. The van der Waals surface area contributed by atoms with Crippen molar-refractivity contribution in [2.45, 2.75) is 51.6 Å². The fraction of sp³-hybridized carbons (Fsp3) is 0.440. The average Bonchev–Trinajstić information content (AvgIpc) is 2.81. The van der Waals surface area contributed by atoms with Crippen LogP contribution in [0.1, 0.15) is 53.5 Å². The molecule has 2 aliphatic rings. The molecule has 31 heavy (non-hydrogen) atoms. The molecular formula is C25H30N6. The Balaban J connectivity index is 1.37. The lowest BCUT2D eigenvalue weighted by atomic mass is 9.95. The van der Waals surface area contributed by atoms with Gasteiger partial charge in [0.05, 0.1) is 12.2 Å². The number of hydrogen-bond donors (Lipinski definition) is 0. The standard InChI is InChI=1S/C25H30N6/c1-19-23-8-5-15-31(18-22-7-2-3-11-27-22)25(23)29-24(28-19)21-6-4-14-30(17-21)16-20-9-12-26-13-10-20/h2-3,7,9-13,21H,4-6,8,14-18H2,1H3/t21-/m1/s1. The molecule has 0 N–H and O–H groups in total. The number of hydrogen-bond acceptors (Lipinski definition) is 6. The molecule has 0 amide bonds. The van der Waals surface area contributed by atoms with Gasteiger partial charge in [-0.1, -0.05) is 6.07 Å². The van der Waals surface area contributed by atoms with E-state index in [0.29, 0.717) is 5.92 Å². The van der Waals surface area contributed by atoms with Crippen LogP contribution in [0.2, 0.25) is 0 Å². The molecule has 5 heterocycles. The molecule has 1 fully saturated rings.